The second kappa shape index (κ2) is 7.91. The van der Waals surface area contributed by atoms with Crippen LogP contribution < -0.4 is 10.1 Å². The van der Waals surface area contributed by atoms with Gasteiger partial charge in [-0.15, -0.1) is 5.10 Å². The summed E-state index contributed by atoms with van der Waals surface area (Å²) in [5.41, 5.74) is 1.89. The van der Waals surface area contributed by atoms with Gasteiger partial charge < -0.3 is 14.6 Å². The van der Waals surface area contributed by atoms with Crippen LogP contribution in [0.15, 0.2) is 67.1 Å². The molecule has 2 aromatic heterocycles. The molecule has 0 aliphatic rings. The van der Waals surface area contributed by atoms with Gasteiger partial charge in [-0.3, -0.25) is 4.79 Å². The number of aromatic nitrogens is 5. The van der Waals surface area contributed by atoms with Gasteiger partial charge in [0, 0.05) is 24.7 Å². The second-order valence-electron chi connectivity index (χ2n) is 6.30. The Morgan fingerprint density at radius 2 is 2.00 bits per heavy atom. The van der Waals surface area contributed by atoms with Crippen LogP contribution in [0.3, 0.4) is 0 Å². The van der Waals surface area contributed by atoms with E-state index in [0.29, 0.717) is 13.1 Å². The van der Waals surface area contributed by atoms with Crippen LogP contribution in [0, 0.1) is 0 Å². The molecule has 1 atom stereocenters. The summed E-state index contributed by atoms with van der Waals surface area (Å²) in [7, 11) is 1.66. The fourth-order valence-corrected chi connectivity index (χ4v) is 3.31. The number of rotatable bonds is 7. The van der Waals surface area contributed by atoms with E-state index in [1.165, 1.54) is 11.0 Å². The Labute approximate surface area is 161 Å². The highest BCUT2D eigenvalue weighted by atomic mass is 16.5. The van der Waals surface area contributed by atoms with Gasteiger partial charge in [-0.2, -0.15) is 0 Å². The van der Waals surface area contributed by atoms with E-state index in [-0.39, 0.29) is 5.91 Å². The first-order valence-corrected chi connectivity index (χ1v) is 8.95. The smallest absolute Gasteiger partial charge is 0.249 e. The summed E-state index contributed by atoms with van der Waals surface area (Å²) in [5.74, 6) is 0.677. The third kappa shape index (κ3) is 3.44. The lowest BCUT2D eigenvalue weighted by molar-refractivity contribution is -0.123. The SMILES string of the molecule is COc1cccc2c1ccn2CCNC(=O)C(c1ccccc1)n1cnnn1. The van der Waals surface area contributed by atoms with Crippen molar-refractivity contribution in [1.82, 2.24) is 30.1 Å². The molecular formula is C20H20N6O2. The van der Waals surface area contributed by atoms with Crippen molar-refractivity contribution in [3.05, 3.63) is 72.7 Å². The molecule has 0 saturated heterocycles. The van der Waals surface area contributed by atoms with Crippen LogP contribution in [0.5, 0.6) is 5.75 Å². The maximum absolute atomic E-state index is 12.9. The van der Waals surface area contributed by atoms with Gasteiger partial charge in [0.05, 0.1) is 12.6 Å². The van der Waals surface area contributed by atoms with Crippen molar-refractivity contribution in [3.8, 4) is 5.75 Å². The normalized spacial score (nSPS) is 12.0. The summed E-state index contributed by atoms with van der Waals surface area (Å²) in [6, 6.07) is 16.8. The molecule has 0 radical (unpaired) electrons. The molecule has 2 aromatic carbocycles. The first kappa shape index (κ1) is 17.7. The molecule has 4 rings (SSSR count). The Balaban J connectivity index is 1.48. The van der Waals surface area contributed by atoms with E-state index in [9.17, 15) is 4.79 Å². The molecule has 1 amide bonds. The summed E-state index contributed by atoms with van der Waals surface area (Å²) >= 11 is 0. The number of ether oxygens (including phenoxy) is 1. The molecule has 4 aromatic rings. The van der Waals surface area contributed by atoms with Crippen LogP contribution in [0.25, 0.3) is 10.9 Å². The fourth-order valence-electron chi connectivity index (χ4n) is 3.31. The molecule has 0 aliphatic carbocycles. The fraction of sp³-hybridized carbons (Fsp3) is 0.200. The zero-order valence-corrected chi connectivity index (χ0v) is 15.4. The van der Waals surface area contributed by atoms with E-state index in [1.54, 1.807) is 7.11 Å². The van der Waals surface area contributed by atoms with E-state index in [1.807, 2.05) is 60.8 Å². The molecule has 8 nitrogen and oxygen atoms in total. The Hall–Kier alpha value is -3.68. The van der Waals surface area contributed by atoms with Gasteiger partial charge in [0.2, 0.25) is 5.91 Å². The zero-order chi connectivity index (χ0) is 19.3. The van der Waals surface area contributed by atoms with Gasteiger partial charge in [-0.1, -0.05) is 36.4 Å². The van der Waals surface area contributed by atoms with Gasteiger partial charge in [0.25, 0.3) is 0 Å². The molecule has 0 bridgehead atoms. The zero-order valence-electron chi connectivity index (χ0n) is 15.4. The first-order chi connectivity index (χ1) is 13.8. The van der Waals surface area contributed by atoms with Gasteiger partial charge in [-0.05, 0) is 34.2 Å². The predicted octanol–water partition coefficient (Wildman–Crippen LogP) is 2.04. The standard InChI is InChI=1S/C20H20N6O2/c1-28-18-9-5-8-17-16(18)10-12-25(17)13-11-21-20(27)19(26-14-22-23-24-26)15-6-3-2-4-7-15/h2-10,12,14,19H,11,13H2,1H3,(H,21,27). The van der Waals surface area contributed by atoms with E-state index >= 15 is 0 Å². The van der Waals surface area contributed by atoms with Gasteiger partial charge in [0.1, 0.15) is 12.1 Å². The van der Waals surface area contributed by atoms with Gasteiger partial charge in [-0.25, -0.2) is 4.68 Å². The number of carbonyl (C=O) groups is 1. The molecule has 1 N–H and O–H groups in total. The van der Waals surface area contributed by atoms with Crippen molar-refractivity contribution in [1.29, 1.82) is 0 Å². The Morgan fingerprint density at radius 3 is 2.75 bits per heavy atom. The summed E-state index contributed by atoms with van der Waals surface area (Å²) in [6.07, 6.45) is 3.44. The number of benzene rings is 2. The average Bonchev–Trinajstić information content (AvgIpc) is 3.39. The molecule has 1 unspecified atom stereocenters. The largest absolute Gasteiger partial charge is 0.496 e. The van der Waals surface area contributed by atoms with E-state index < -0.39 is 6.04 Å². The summed E-state index contributed by atoms with van der Waals surface area (Å²) < 4.78 is 8.95. The van der Waals surface area contributed by atoms with Crippen LogP contribution in [-0.2, 0) is 11.3 Å². The number of methoxy groups -OCH3 is 1. The average molecular weight is 376 g/mol. The quantitative estimate of drug-likeness (QED) is 0.533. The minimum Gasteiger partial charge on any atom is -0.496 e. The summed E-state index contributed by atoms with van der Waals surface area (Å²) in [5, 5.41) is 15.3. The van der Waals surface area contributed by atoms with Crippen LogP contribution in [0.4, 0.5) is 0 Å². The highest BCUT2D eigenvalue weighted by Gasteiger charge is 2.23. The molecule has 0 saturated carbocycles. The lowest BCUT2D eigenvalue weighted by Gasteiger charge is -2.17. The molecule has 0 fully saturated rings. The Kier molecular flexibility index (Phi) is 5.01. The van der Waals surface area contributed by atoms with Crippen molar-refractivity contribution >= 4 is 16.8 Å². The number of hydrogen-bond acceptors (Lipinski definition) is 5. The molecule has 0 spiro atoms. The molecular weight excluding hydrogens is 356 g/mol. The van der Waals surface area contributed by atoms with Crippen molar-refractivity contribution in [2.24, 2.45) is 0 Å². The second-order valence-corrected chi connectivity index (χ2v) is 6.30. The number of carbonyl (C=O) groups excluding carboxylic acids is 1. The van der Waals surface area contributed by atoms with Crippen molar-refractivity contribution in [3.63, 3.8) is 0 Å². The van der Waals surface area contributed by atoms with Gasteiger partial charge >= 0.3 is 0 Å². The van der Waals surface area contributed by atoms with Crippen LogP contribution in [-0.4, -0.2) is 44.3 Å². The van der Waals surface area contributed by atoms with E-state index in [0.717, 1.165) is 22.2 Å². The topological polar surface area (TPSA) is 86.9 Å². The number of nitrogens with one attached hydrogen (secondary N) is 1. The third-order valence-corrected chi connectivity index (χ3v) is 4.64. The maximum Gasteiger partial charge on any atom is 0.249 e. The van der Waals surface area contributed by atoms with Crippen molar-refractivity contribution in [2.45, 2.75) is 12.6 Å². The summed E-state index contributed by atoms with van der Waals surface area (Å²) in [6.45, 7) is 1.12. The molecule has 28 heavy (non-hydrogen) atoms. The number of tetrazole rings is 1. The molecule has 0 aliphatic heterocycles. The van der Waals surface area contributed by atoms with Crippen molar-refractivity contribution < 1.29 is 9.53 Å². The highest BCUT2D eigenvalue weighted by molar-refractivity contribution is 5.86. The Bertz CT molecular complexity index is 1060. The number of fused-ring (bicyclic) bond motifs is 1. The number of amides is 1. The van der Waals surface area contributed by atoms with Crippen LogP contribution in [0.1, 0.15) is 11.6 Å². The minimum absolute atomic E-state index is 0.160. The third-order valence-electron chi connectivity index (χ3n) is 4.64. The lowest BCUT2D eigenvalue weighted by atomic mass is 10.1. The van der Waals surface area contributed by atoms with Gasteiger partial charge in [0.15, 0.2) is 6.04 Å². The number of hydrogen-bond donors (Lipinski definition) is 1. The monoisotopic (exact) mass is 376 g/mol. The van der Waals surface area contributed by atoms with E-state index in [4.69, 9.17) is 4.74 Å². The minimum atomic E-state index is -0.613. The highest BCUT2D eigenvalue weighted by Crippen LogP contribution is 2.26. The van der Waals surface area contributed by atoms with Crippen LogP contribution in [0.2, 0.25) is 0 Å². The van der Waals surface area contributed by atoms with Crippen LogP contribution >= 0.6 is 0 Å². The molecule has 2 heterocycles. The maximum atomic E-state index is 12.9. The molecule has 8 heteroatoms. The number of nitrogens with zero attached hydrogens (tertiary/aromatic N) is 5. The Morgan fingerprint density at radius 1 is 1.14 bits per heavy atom. The first-order valence-electron chi connectivity index (χ1n) is 8.95. The predicted molar refractivity (Wildman–Crippen MR) is 104 cm³/mol. The van der Waals surface area contributed by atoms with E-state index in [2.05, 4.69) is 25.4 Å². The lowest BCUT2D eigenvalue weighted by Crippen LogP contribution is -2.35. The molecule has 142 valence electrons. The summed E-state index contributed by atoms with van der Waals surface area (Å²) in [4.78, 5) is 12.9. The van der Waals surface area contributed by atoms with Crippen molar-refractivity contribution in [2.75, 3.05) is 13.7 Å².